The van der Waals surface area contributed by atoms with Crippen molar-refractivity contribution in [3.05, 3.63) is 29.7 Å². The molecular weight excluding hydrogens is 359 g/mol. The highest BCUT2D eigenvalue weighted by molar-refractivity contribution is 5.80. The zero-order chi connectivity index (χ0) is 19.1. The van der Waals surface area contributed by atoms with Gasteiger partial charge in [-0.05, 0) is 50.9 Å². The van der Waals surface area contributed by atoms with E-state index < -0.39 is 0 Å². The van der Waals surface area contributed by atoms with E-state index in [2.05, 4.69) is 20.3 Å². The van der Waals surface area contributed by atoms with Crippen LogP contribution in [0, 0.1) is 5.82 Å². The first-order valence-corrected chi connectivity index (χ1v) is 10.5. The quantitative estimate of drug-likeness (QED) is 0.874. The molecule has 6 nitrogen and oxygen atoms in total. The van der Waals surface area contributed by atoms with Crippen LogP contribution in [0.2, 0.25) is 0 Å². The van der Waals surface area contributed by atoms with E-state index in [1.165, 1.54) is 25.0 Å². The summed E-state index contributed by atoms with van der Waals surface area (Å²) in [4.78, 5) is 16.8. The first kappa shape index (κ1) is 17.9. The van der Waals surface area contributed by atoms with Crippen LogP contribution in [0.5, 0.6) is 0 Å². The summed E-state index contributed by atoms with van der Waals surface area (Å²) >= 11 is 0. The van der Waals surface area contributed by atoms with Crippen molar-refractivity contribution in [1.29, 1.82) is 0 Å². The van der Waals surface area contributed by atoms with E-state index in [4.69, 9.17) is 4.52 Å². The average Bonchev–Trinajstić information content (AvgIpc) is 3.26. The summed E-state index contributed by atoms with van der Waals surface area (Å²) in [6, 6.07) is 5.51. The lowest BCUT2D eigenvalue weighted by molar-refractivity contribution is 0.155. The highest BCUT2D eigenvalue weighted by atomic mass is 19.1. The summed E-state index contributed by atoms with van der Waals surface area (Å²) in [6.07, 6.45) is 6.73. The molecule has 3 aliphatic rings. The summed E-state index contributed by atoms with van der Waals surface area (Å²) in [5.74, 6) is 0.0527. The minimum atomic E-state index is -0.295. The Bertz CT molecular complexity index is 861. The number of amides is 2. The lowest BCUT2D eigenvalue weighted by atomic mass is 9.91. The molecule has 0 radical (unpaired) electrons. The van der Waals surface area contributed by atoms with Crippen LogP contribution in [0.15, 0.2) is 22.7 Å². The second-order valence-electron chi connectivity index (χ2n) is 8.43. The summed E-state index contributed by atoms with van der Waals surface area (Å²) in [7, 11) is 0. The Morgan fingerprint density at radius 3 is 2.82 bits per heavy atom. The summed E-state index contributed by atoms with van der Waals surface area (Å²) in [5.41, 5.74) is 1.48. The van der Waals surface area contributed by atoms with Crippen molar-refractivity contribution in [3.8, 4) is 0 Å². The van der Waals surface area contributed by atoms with Crippen molar-refractivity contribution < 1.29 is 13.7 Å². The lowest BCUT2D eigenvalue weighted by Crippen LogP contribution is -2.44. The molecule has 0 spiro atoms. The molecule has 150 valence electrons. The number of fused-ring (bicyclic) bond motifs is 2. The van der Waals surface area contributed by atoms with Crippen LogP contribution in [0.1, 0.15) is 50.1 Å². The second-order valence-corrected chi connectivity index (χ2v) is 8.43. The normalized spacial score (nSPS) is 26.6. The topological polar surface area (TPSA) is 61.6 Å². The number of halogens is 1. The predicted molar refractivity (Wildman–Crippen MR) is 104 cm³/mol. The molecule has 1 aromatic heterocycles. The van der Waals surface area contributed by atoms with Gasteiger partial charge in [0, 0.05) is 30.5 Å². The Morgan fingerprint density at radius 2 is 1.96 bits per heavy atom. The van der Waals surface area contributed by atoms with Crippen LogP contribution in [0.4, 0.5) is 9.18 Å². The molecule has 2 aliphatic heterocycles. The largest absolute Gasteiger partial charge is 0.356 e. The number of hydrogen-bond acceptors (Lipinski definition) is 4. The van der Waals surface area contributed by atoms with Crippen LogP contribution in [-0.4, -0.2) is 59.3 Å². The van der Waals surface area contributed by atoms with E-state index in [9.17, 15) is 9.18 Å². The van der Waals surface area contributed by atoms with Crippen molar-refractivity contribution in [2.75, 3.05) is 26.2 Å². The van der Waals surface area contributed by atoms with E-state index >= 15 is 0 Å². The number of likely N-dealkylation sites (tertiary alicyclic amines) is 1. The molecule has 3 fully saturated rings. The van der Waals surface area contributed by atoms with Crippen LogP contribution >= 0.6 is 0 Å². The summed E-state index contributed by atoms with van der Waals surface area (Å²) in [6.45, 7) is 3.71. The molecular formula is C21H27FN4O2. The highest BCUT2D eigenvalue weighted by Gasteiger charge is 2.40. The lowest BCUT2D eigenvalue weighted by Gasteiger charge is -2.34. The van der Waals surface area contributed by atoms with Crippen LogP contribution in [0.25, 0.3) is 11.0 Å². The summed E-state index contributed by atoms with van der Waals surface area (Å²) in [5, 5.41) is 8.32. The SMILES string of the molecule is O=C1NC2CCCCC2N1CCN1CCC(c2noc3cc(F)ccc23)CC1. The molecule has 1 N–H and O–H groups in total. The van der Waals surface area contributed by atoms with Gasteiger partial charge in [0.05, 0.1) is 17.8 Å². The van der Waals surface area contributed by atoms with Crippen LogP contribution < -0.4 is 5.32 Å². The Hall–Kier alpha value is -2.15. The molecule has 1 aromatic carbocycles. The maximum atomic E-state index is 13.4. The Morgan fingerprint density at radius 1 is 1.14 bits per heavy atom. The minimum absolute atomic E-state index is 0.119. The third-order valence-corrected chi connectivity index (χ3v) is 6.79. The van der Waals surface area contributed by atoms with Gasteiger partial charge in [0.1, 0.15) is 5.82 Å². The molecule has 0 bridgehead atoms. The number of hydrogen-bond donors (Lipinski definition) is 1. The molecule has 2 saturated heterocycles. The van der Waals surface area contributed by atoms with Crippen LogP contribution in [-0.2, 0) is 0 Å². The number of rotatable bonds is 4. The molecule has 1 saturated carbocycles. The molecule has 2 unspecified atom stereocenters. The second kappa shape index (κ2) is 7.35. The van der Waals surface area contributed by atoms with Gasteiger partial charge in [0.15, 0.2) is 5.58 Å². The van der Waals surface area contributed by atoms with Gasteiger partial charge in [-0.3, -0.25) is 0 Å². The van der Waals surface area contributed by atoms with Gasteiger partial charge in [0.25, 0.3) is 0 Å². The molecule has 2 atom stereocenters. The Kier molecular flexibility index (Phi) is 4.70. The number of benzene rings is 1. The molecule has 2 amide bonds. The van der Waals surface area contributed by atoms with Gasteiger partial charge < -0.3 is 19.6 Å². The van der Waals surface area contributed by atoms with Gasteiger partial charge in [0.2, 0.25) is 0 Å². The standard InChI is InChI=1S/C21H27FN4O2/c22-15-5-6-16-19(13-15)28-24-20(16)14-7-9-25(10-8-14)11-12-26-18-4-2-1-3-17(18)23-21(26)27/h5-6,13-14,17-18H,1-4,7-12H2,(H,23,27). The van der Waals surface area contributed by atoms with Gasteiger partial charge in [-0.25, -0.2) is 9.18 Å². The van der Waals surface area contributed by atoms with Crippen molar-refractivity contribution in [2.45, 2.75) is 56.5 Å². The minimum Gasteiger partial charge on any atom is -0.356 e. The van der Waals surface area contributed by atoms with Crippen molar-refractivity contribution in [2.24, 2.45) is 0 Å². The van der Waals surface area contributed by atoms with Crippen molar-refractivity contribution in [1.82, 2.24) is 20.3 Å². The zero-order valence-corrected chi connectivity index (χ0v) is 16.1. The maximum absolute atomic E-state index is 13.4. The van der Waals surface area contributed by atoms with E-state index in [0.717, 1.165) is 62.9 Å². The smallest absolute Gasteiger partial charge is 0.318 e. The number of nitrogens with one attached hydrogen (secondary N) is 1. The van der Waals surface area contributed by atoms with Gasteiger partial charge in [-0.2, -0.15) is 0 Å². The molecule has 1 aliphatic carbocycles. The number of urea groups is 1. The molecule has 3 heterocycles. The number of piperidine rings is 1. The Labute approximate surface area is 164 Å². The van der Waals surface area contributed by atoms with Crippen molar-refractivity contribution in [3.63, 3.8) is 0 Å². The van der Waals surface area contributed by atoms with Gasteiger partial charge in [-0.1, -0.05) is 18.0 Å². The van der Waals surface area contributed by atoms with Crippen molar-refractivity contribution >= 4 is 17.0 Å². The zero-order valence-electron chi connectivity index (χ0n) is 16.1. The fraction of sp³-hybridized carbons (Fsp3) is 0.619. The molecule has 2 aromatic rings. The van der Waals surface area contributed by atoms with E-state index in [1.807, 2.05) is 0 Å². The van der Waals surface area contributed by atoms with Crippen LogP contribution in [0.3, 0.4) is 0 Å². The van der Waals surface area contributed by atoms with E-state index in [1.54, 1.807) is 6.07 Å². The molecule has 7 heteroatoms. The first-order chi connectivity index (χ1) is 13.7. The number of carbonyl (C=O) groups is 1. The monoisotopic (exact) mass is 386 g/mol. The average molecular weight is 386 g/mol. The first-order valence-electron chi connectivity index (χ1n) is 10.5. The van der Waals surface area contributed by atoms with Gasteiger partial charge in [-0.15, -0.1) is 0 Å². The van der Waals surface area contributed by atoms with Gasteiger partial charge >= 0.3 is 6.03 Å². The van der Waals surface area contributed by atoms with E-state index in [0.29, 0.717) is 23.6 Å². The number of carbonyl (C=O) groups excluding carboxylic acids is 1. The fourth-order valence-corrected chi connectivity index (χ4v) is 5.22. The summed E-state index contributed by atoms with van der Waals surface area (Å²) < 4.78 is 18.7. The predicted octanol–water partition coefficient (Wildman–Crippen LogP) is 3.48. The third kappa shape index (κ3) is 3.26. The highest BCUT2D eigenvalue weighted by Crippen LogP contribution is 2.33. The fourth-order valence-electron chi connectivity index (χ4n) is 5.22. The molecule has 5 rings (SSSR count). The third-order valence-electron chi connectivity index (χ3n) is 6.79. The maximum Gasteiger partial charge on any atom is 0.318 e. The Balaban J connectivity index is 1.17. The molecule has 28 heavy (non-hydrogen) atoms. The number of aromatic nitrogens is 1. The number of nitrogens with zero attached hydrogens (tertiary/aromatic N) is 3. The van der Waals surface area contributed by atoms with E-state index in [-0.39, 0.29) is 11.8 Å².